The Hall–Kier alpha value is -0.810. The van der Waals surface area contributed by atoms with E-state index in [1.165, 1.54) is 7.11 Å². The van der Waals surface area contributed by atoms with Crippen molar-refractivity contribution < 1.29 is 9.03 Å². The molecule has 13 heavy (non-hydrogen) atoms. The summed E-state index contributed by atoms with van der Waals surface area (Å²) in [6.45, 7) is 4.00. The molecule has 0 radical (unpaired) electrons. The number of halogens is 2. The lowest BCUT2D eigenvalue weighted by atomic mass is 11.0. The maximum absolute atomic E-state index is 5.43. The zero-order chi connectivity index (χ0) is 10.3. The fourth-order valence-corrected chi connectivity index (χ4v) is 0.654. The third-order valence-corrected chi connectivity index (χ3v) is 1.13. The van der Waals surface area contributed by atoms with Crippen LogP contribution < -0.4 is 9.03 Å². The van der Waals surface area contributed by atoms with E-state index in [4.69, 9.17) is 23.5 Å². The van der Waals surface area contributed by atoms with Gasteiger partial charge in [-0.3, -0.25) is 0 Å². The van der Waals surface area contributed by atoms with Crippen LogP contribution >= 0.6 is 23.5 Å². The summed E-state index contributed by atoms with van der Waals surface area (Å²) in [5, 5.41) is -0.0347. The Morgan fingerprint density at radius 3 is 2.08 bits per heavy atom. The molecule has 1 aromatic rings. The van der Waals surface area contributed by atoms with Crippen molar-refractivity contribution >= 4 is 23.5 Å². The summed E-state index contributed by atoms with van der Waals surface area (Å²) in [5.74, 6) is 0. The first-order valence-electron chi connectivity index (χ1n) is 3.50. The van der Waals surface area contributed by atoms with E-state index in [9.17, 15) is 0 Å². The third kappa shape index (κ3) is 4.10. The Balaban J connectivity index is 0.000000671. The van der Waals surface area contributed by atoms with Gasteiger partial charge in [-0.1, -0.05) is 13.8 Å². The van der Waals surface area contributed by atoms with E-state index in [0.717, 1.165) is 0 Å². The van der Waals surface area contributed by atoms with Gasteiger partial charge < -0.3 is 9.03 Å². The summed E-state index contributed by atoms with van der Waals surface area (Å²) in [4.78, 5) is 10.7. The summed E-state index contributed by atoms with van der Waals surface area (Å²) >= 11 is 10.4. The molecule has 1 rings (SSSR count). The minimum absolute atomic E-state index is 0.0347. The number of ether oxygens (including phenoxy) is 1. The lowest BCUT2D eigenvalue weighted by Gasteiger charge is -1.97. The van der Waals surface area contributed by atoms with Crippen LogP contribution in [0, 0.1) is 0 Å². The van der Waals surface area contributed by atoms with Crippen LogP contribution in [0.1, 0.15) is 13.8 Å². The Labute approximate surface area is 86.2 Å². The lowest BCUT2D eigenvalue weighted by Crippen LogP contribution is -1.96. The molecule has 0 aliphatic heterocycles. The molecule has 0 spiro atoms. The van der Waals surface area contributed by atoms with Crippen LogP contribution in [0.3, 0.4) is 0 Å². The van der Waals surface area contributed by atoms with Gasteiger partial charge in [-0.2, -0.15) is 9.97 Å². The van der Waals surface area contributed by atoms with E-state index in [0.29, 0.717) is 0 Å². The molecule has 0 aliphatic carbocycles. The van der Waals surface area contributed by atoms with Gasteiger partial charge in [0.2, 0.25) is 5.28 Å². The van der Waals surface area contributed by atoms with Gasteiger partial charge in [0.15, 0.2) is 0 Å². The smallest absolute Gasteiger partial charge is 0.342 e. The number of rotatable bonds is 2. The molecule has 0 N–H and O–H groups in total. The first-order chi connectivity index (χ1) is 6.26. The summed E-state index contributed by atoms with van der Waals surface area (Å²) in [6.07, 6.45) is 0. The summed E-state index contributed by atoms with van der Waals surface area (Å²) in [7, 11) is 1.39. The monoisotopic (exact) mass is 225 g/mol. The van der Waals surface area contributed by atoms with Gasteiger partial charge in [-0.15, -0.1) is 4.98 Å². The average molecular weight is 226 g/mol. The fourth-order valence-electron chi connectivity index (χ4n) is 0.440. The highest BCUT2D eigenvalue weighted by molar-refractivity contribution is 6.28. The third-order valence-electron chi connectivity index (χ3n) is 0.819. The second kappa shape index (κ2) is 6.68. The van der Waals surface area contributed by atoms with Crippen molar-refractivity contribution in [3.05, 3.63) is 5.28 Å². The number of aromatic nitrogens is 3. The minimum atomic E-state index is -0.0940. The predicted molar refractivity (Wildman–Crippen MR) is 49.2 cm³/mol. The standard InChI is InChI=1S/C4H3Cl2N3O2.C2H6/c1-10-3-7-2(5)8-4(9-3)11-6;1-2/h1H3;1-2H3. The molecule has 0 bridgehead atoms. The molecule has 0 fully saturated rings. The van der Waals surface area contributed by atoms with Crippen molar-refractivity contribution in [3.63, 3.8) is 0 Å². The first-order valence-corrected chi connectivity index (χ1v) is 4.19. The molecule has 0 aromatic carbocycles. The predicted octanol–water partition coefficient (Wildman–Crippen LogP) is 2.09. The van der Waals surface area contributed by atoms with Crippen LogP contribution in [0.25, 0.3) is 0 Å². The highest BCUT2D eigenvalue weighted by Crippen LogP contribution is 2.12. The highest BCUT2D eigenvalue weighted by atomic mass is 35.5. The van der Waals surface area contributed by atoms with E-state index in [2.05, 4.69) is 24.0 Å². The van der Waals surface area contributed by atoms with Gasteiger partial charge in [0.05, 0.1) is 7.11 Å². The van der Waals surface area contributed by atoms with Crippen molar-refractivity contribution in [1.29, 1.82) is 0 Å². The number of hydrogen-bond donors (Lipinski definition) is 0. The Kier molecular flexibility index (Phi) is 6.26. The Bertz CT molecular complexity index is 237. The second-order valence-electron chi connectivity index (χ2n) is 1.45. The molecule has 5 nitrogen and oxygen atoms in total. The topological polar surface area (TPSA) is 57.1 Å². The fraction of sp³-hybridized carbons (Fsp3) is 0.500. The van der Waals surface area contributed by atoms with E-state index in [1.807, 2.05) is 13.8 Å². The average Bonchev–Trinajstić information content (AvgIpc) is 2.20. The summed E-state index contributed by atoms with van der Waals surface area (Å²) in [5.41, 5.74) is 0. The molecular formula is C6H9Cl2N3O2. The largest absolute Gasteiger partial charge is 0.467 e. The molecule has 74 valence electrons. The molecule has 0 unspecified atom stereocenters. The maximum Gasteiger partial charge on any atom is 0.342 e. The molecule has 0 saturated heterocycles. The lowest BCUT2D eigenvalue weighted by molar-refractivity contribution is 0.370. The Morgan fingerprint density at radius 2 is 1.62 bits per heavy atom. The highest BCUT2D eigenvalue weighted by Gasteiger charge is 2.04. The van der Waals surface area contributed by atoms with E-state index >= 15 is 0 Å². The molecular weight excluding hydrogens is 217 g/mol. The van der Waals surface area contributed by atoms with Gasteiger partial charge in [0.1, 0.15) is 11.9 Å². The Morgan fingerprint density at radius 1 is 1.08 bits per heavy atom. The van der Waals surface area contributed by atoms with Crippen molar-refractivity contribution in [2.45, 2.75) is 13.8 Å². The molecule has 0 aliphatic rings. The van der Waals surface area contributed by atoms with E-state index < -0.39 is 0 Å². The van der Waals surface area contributed by atoms with Crippen LogP contribution in [-0.4, -0.2) is 22.1 Å². The van der Waals surface area contributed by atoms with Crippen molar-refractivity contribution in [2.24, 2.45) is 0 Å². The molecule has 1 heterocycles. The SMILES string of the molecule is CC.COc1nc(Cl)nc(OCl)n1. The van der Waals surface area contributed by atoms with E-state index in [-0.39, 0.29) is 17.3 Å². The first kappa shape index (κ1) is 12.2. The quantitative estimate of drug-likeness (QED) is 0.772. The van der Waals surface area contributed by atoms with Crippen LogP contribution in [0.2, 0.25) is 5.28 Å². The number of hydrogen-bond acceptors (Lipinski definition) is 5. The van der Waals surface area contributed by atoms with Gasteiger partial charge >= 0.3 is 12.0 Å². The molecule has 7 heteroatoms. The molecule has 0 saturated carbocycles. The van der Waals surface area contributed by atoms with E-state index in [1.54, 1.807) is 0 Å². The normalized spacial score (nSPS) is 8.38. The van der Waals surface area contributed by atoms with Gasteiger partial charge in [0, 0.05) is 0 Å². The second-order valence-corrected chi connectivity index (χ2v) is 1.94. The van der Waals surface area contributed by atoms with Crippen molar-refractivity contribution in [3.8, 4) is 12.0 Å². The summed E-state index contributed by atoms with van der Waals surface area (Å²) in [6, 6.07) is -0.0378. The van der Waals surface area contributed by atoms with Crippen molar-refractivity contribution in [2.75, 3.05) is 7.11 Å². The van der Waals surface area contributed by atoms with Crippen LogP contribution in [0.15, 0.2) is 0 Å². The minimum Gasteiger partial charge on any atom is -0.467 e. The molecule has 0 atom stereocenters. The van der Waals surface area contributed by atoms with Crippen LogP contribution in [0.5, 0.6) is 12.0 Å². The maximum atomic E-state index is 5.43. The zero-order valence-corrected chi connectivity index (χ0v) is 8.93. The van der Waals surface area contributed by atoms with Crippen LogP contribution in [0.4, 0.5) is 0 Å². The van der Waals surface area contributed by atoms with Crippen LogP contribution in [-0.2, 0) is 0 Å². The number of methoxy groups -OCH3 is 1. The van der Waals surface area contributed by atoms with Gasteiger partial charge in [-0.25, -0.2) is 0 Å². The molecule has 1 aromatic heterocycles. The van der Waals surface area contributed by atoms with Crippen molar-refractivity contribution in [1.82, 2.24) is 15.0 Å². The van der Waals surface area contributed by atoms with Gasteiger partial charge in [0.25, 0.3) is 0 Å². The summed E-state index contributed by atoms with van der Waals surface area (Å²) < 4.78 is 8.84. The zero-order valence-electron chi connectivity index (χ0n) is 7.41. The number of nitrogens with zero attached hydrogens (tertiary/aromatic N) is 3. The van der Waals surface area contributed by atoms with Gasteiger partial charge in [-0.05, 0) is 11.6 Å². The molecule has 0 amide bonds.